The number of thioether (sulfide) groups is 1. The Kier molecular flexibility index (Phi) is 5.45. The van der Waals surface area contributed by atoms with Crippen molar-refractivity contribution >= 4 is 29.0 Å². The van der Waals surface area contributed by atoms with Crippen LogP contribution in [-0.4, -0.2) is 26.6 Å². The van der Waals surface area contributed by atoms with Crippen LogP contribution in [-0.2, 0) is 4.79 Å². The summed E-state index contributed by atoms with van der Waals surface area (Å²) in [6.07, 6.45) is 0. The van der Waals surface area contributed by atoms with Gasteiger partial charge in [-0.1, -0.05) is 11.8 Å². The molecule has 0 aliphatic carbocycles. The molecule has 0 spiro atoms. The number of amides is 1. The van der Waals surface area contributed by atoms with E-state index in [0.717, 1.165) is 40.8 Å². The maximum absolute atomic E-state index is 13.3. The van der Waals surface area contributed by atoms with Crippen LogP contribution in [0.1, 0.15) is 17.0 Å². The number of aryl methyl sites for hydroxylation is 2. The van der Waals surface area contributed by atoms with E-state index in [1.165, 1.54) is 6.07 Å². The quantitative estimate of drug-likeness (QED) is 0.385. The van der Waals surface area contributed by atoms with E-state index in [0.29, 0.717) is 5.16 Å². The van der Waals surface area contributed by atoms with E-state index in [1.807, 2.05) is 20.8 Å². The Morgan fingerprint density at radius 3 is 2.50 bits per heavy atom. The van der Waals surface area contributed by atoms with Crippen molar-refractivity contribution in [2.24, 2.45) is 0 Å². The molecule has 0 saturated heterocycles. The molecule has 0 saturated carbocycles. The number of hydrogen-bond donors (Lipinski definition) is 1. The van der Waals surface area contributed by atoms with Crippen LogP contribution in [0.2, 0.25) is 0 Å². The first-order valence-corrected chi connectivity index (χ1v) is 7.95. The molecule has 1 aromatic heterocycles. The van der Waals surface area contributed by atoms with Gasteiger partial charge in [-0.05, 0) is 38.5 Å². The Morgan fingerprint density at radius 1 is 1.29 bits per heavy atom. The fourth-order valence-electron chi connectivity index (χ4n) is 1.86. The molecule has 1 aromatic carbocycles. The normalized spacial score (nSPS) is 10.5. The van der Waals surface area contributed by atoms with E-state index in [9.17, 15) is 19.3 Å². The van der Waals surface area contributed by atoms with Crippen molar-refractivity contribution in [1.82, 2.24) is 9.97 Å². The summed E-state index contributed by atoms with van der Waals surface area (Å²) in [5.41, 5.74) is 2.17. The fraction of sp³-hybridized carbons (Fsp3) is 0.267. The Bertz CT molecular complexity index is 790. The Hall–Kier alpha value is -2.55. The number of hydrogen-bond acceptors (Lipinski definition) is 6. The van der Waals surface area contributed by atoms with Gasteiger partial charge in [0.1, 0.15) is 0 Å². The summed E-state index contributed by atoms with van der Waals surface area (Å²) in [4.78, 5) is 30.4. The van der Waals surface area contributed by atoms with E-state index in [-0.39, 0.29) is 17.3 Å². The van der Waals surface area contributed by atoms with Crippen molar-refractivity contribution in [3.63, 3.8) is 0 Å². The van der Waals surface area contributed by atoms with Gasteiger partial charge in [0.15, 0.2) is 5.16 Å². The highest BCUT2D eigenvalue weighted by molar-refractivity contribution is 7.99. The zero-order valence-corrected chi connectivity index (χ0v) is 14.1. The van der Waals surface area contributed by atoms with E-state index >= 15 is 0 Å². The number of carbonyl (C=O) groups excluding carboxylic acids is 1. The van der Waals surface area contributed by atoms with Gasteiger partial charge >= 0.3 is 5.69 Å². The maximum atomic E-state index is 13.3. The zero-order valence-electron chi connectivity index (χ0n) is 13.3. The molecular formula is C15H15FN4O3S. The molecular weight excluding hydrogens is 335 g/mol. The third-order valence-corrected chi connectivity index (χ3v) is 4.22. The number of nitro benzene ring substituents is 1. The van der Waals surface area contributed by atoms with Crippen molar-refractivity contribution in [3.8, 4) is 0 Å². The molecule has 0 atom stereocenters. The van der Waals surface area contributed by atoms with Crippen LogP contribution in [0.15, 0.2) is 23.4 Å². The number of rotatable bonds is 5. The third kappa shape index (κ3) is 4.25. The number of anilines is 1. The highest BCUT2D eigenvalue weighted by Crippen LogP contribution is 2.22. The average Bonchev–Trinajstić information content (AvgIpc) is 2.52. The summed E-state index contributed by atoms with van der Waals surface area (Å²) < 4.78 is 13.3. The maximum Gasteiger partial charge on any atom is 0.306 e. The van der Waals surface area contributed by atoms with Crippen LogP contribution in [0, 0.1) is 36.7 Å². The van der Waals surface area contributed by atoms with Crippen molar-refractivity contribution in [3.05, 3.63) is 51.1 Å². The lowest BCUT2D eigenvalue weighted by atomic mass is 10.2. The minimum absolute atomic E-state index is 0.0348. The van der Waals surface area contributed by atoms with E-state index in [2.05, 4.69) is 15.3 Å². The number of nitro groups is 1. The summed E-state index contributed by atoms with van der Waals surface area (Å²) in [6.45, 7) is 5.66. The Labute approximate surface area is 141 Å². The van der Waals surface area contributed by atoms with Crippen LogP contribution < -0.4 is 5.32 Å². The standard InChI is InChI=1S/C15H15FN4O3S/c1-8-9(2)17-15(18-10(8)3)24-7-14(21)19-11-4-5-12(16)13(6-11)20(22)23/h4-6H,7H2,1-3H3,(H,19,21). The molecule has 0 radical (unpaired) electrons. The molecule has 9 heteroatoms. The first-order chi connectivity index (χ1) is 11.3. The summed E-state index contributed by atoms with van der Waals surface area (Å²) in [5, 5.41) is 13.7. The summed E-state index contributed by atoms with van der Waals surface area (Å²) in [5.74, 6) is -1.31. The molecule has 1 N–H and O–H groups in total. The Morgan fingerprint density at radius 2 is 1.92 bits per heavy atom. The lowest BCUT2D eigenvalue weighted by molar-refractivity contribution is -0.387. The van der Waals surface area contributed by atoms with Crippen molar-refractivity contribution < 1.29 is 14.1 Å². The van der Waals surface area contributed by atoms with Crippen LogP contribution in [0.25, 0.3) is 0 Å². The summed E-state index contributed by atoms with van der Waals surface area (Å²) in [7, 11) is 0. The SMILES string of the molecule is Cc1nc(SCC(=O)Nc2ccc(F)c([N+](=O)[O-])c2)nc(C)c1C. The molecule has 2 rings (SSSR count). The molecule has 1 heterocycles. The van der Waals surface area contributed by atoms with Crippen molar-refractivity contribution in [2.75, 3.05) is 11.1 Å². The van der Waals surface area contributed by atoms with Gasteiger partial charge in [0.2, 0.25) is 11.7 Å². The number of benzene rings is 1. The first kappa shape index (κ1) is 17.8. The molecule has 0 aliphatic rings. The van der Waals surface area contributed by atoms with Crippen molar-refractivity contribution in [1.29, 1.82) is 0 Å². The molecule has 0 fully saturated rings. The number of carbonyl (C=O) groups is 1. The van der Waals surface area contributed by atoms with Gasteiger partial charge in [0.05, 0.1) is 10.7 Å². The van der Waals surface area contributed by atoms with Crippen molar-refractivity contribution in [2.45, 2.75) is 25.9 Å². The van der Waals surface area contributed by atoms with E-state index in [4.69, 9.17) is 0 Å². The zero-order chi connectivity index (χ0) is 17.9. The van der Waals surface area contributed by atoms with Gasteiger partial charge in [0, 0.05) is 23.1 Å². The lowest BCUT2D eigenvalue weighted by Crippen LogP contribution is -2.14. The minimum Gasteiger partial charge on any atom is -0.325 e. The first-order valence-electron chi connectivity index (χ1n) is 6.96. The van der Waals surface area contributed by atoms with Gasteiger partial charge in [0.25, 0.3) is 0 Å². The van der Waals surface area contributed by atoms with Crippen LogP contribution in [0.5, 0.6) is 0 Å². The topological polar surface area (TPSA) is 98.0 Å². The second-order valence-corrected chi connectivity index (χ2v) is 6.00. The fourth-order valence-corrected chi connectivity index (χ4v) is 2.60. The average molecular weight is 350 g/mol. The largest absolute Gasteiger partial charge is 0.325 e. The van der Waals surface area contributed by atoms with Crippen LogP contribution in [0.3, 0.4) is 0 Å². The third-order valence-electron chi connectivity index (χ3n) is 3.37. The Balaban J connectivity index is 2.01. The molecule has 1 amide bonds. The predicted molar refractivity (Wildman–Crippen MR) is 88.7 cm³/mol. The lowest BCUT2D eigenvalue weighted by Gasteiger charge is -2.07. The molecule has 24 heavy (non-hydrogen) atoms. The van der Waals surface area contributed by atoms with Gasteiger partial charge in [-0.2, -0.15) is 4.39 Å². The number of nitrogens with one attached hydrogen (secondary N) is 1. The molecule has 0 bridgehead atoms. The second kappa shape index (κ2) is 7.35. The molecule has 0 unspecified atom stereocenters. The molecule has 126 valence electrons. The smallest absolute Gasteiger partial charge is 0.306 e. The van der Waals surface area contributed by atoms with E-state index in [1.54, 1.807) is 0 Å². The molecule has 2 aromatic rings. The number of nitrogens with zero attached hydrogens (tertiary/aromatic N) is 3. The predicted octanol–water partition coefficient (Wildman–Crippen LogP) is 3.18. The van der Waals surface area contributed by atoms with Gasteiger partial charge < -0.3 is 5.32 Å². The highest BCUT2D eigenvalue weighted by Gasteiger charge is 2.15. The van der Waals surface area contributed by atoms with Gasteiger partial charge in [-0.15, -0.1) is 0 Å². The number of aromatic nitrogens is 2. The molecule has 7 nitrogen and oxygen atoms in total. The van der Waals surface area contributed by atoms with Gasteiger partial charge in [-0.3, -0.25) is 14.9 Å². The molecule has 0 aliphatic heterocycles. The highest BCUT2D eigenvalue weighted by atomic mass is 32.2. The summed E-state index contributed by atoms with van der Waals surface area (Å²) >= 11 is 1.16. The monoisotopic (exact) mass is 350 g/mol. The van der Waals surface area contributed by atoms with Crippen LogP contribution in [0.4, 0.5) is 15.8 Å². The second-order valence-electron chi connectivity index (χ2n) is 5.06. The van der Waals surface area contributed by atoms with Crippen LogP contribution >= 0.6 is 11.8 Å². The minimum atomic E-state index is -0.952. The van der Waals surface area contributed by atoms with Gasteiger partial charge in [-0.25, -0.2) is 9.97 Å². The number of halogens is 1. The van der Waals surface area contributed by atoms with E-state index < -0.39 is 16.4 Å². The summed E-state index contributed by atoms with van der Waals surface area (Å²) in [6, 6.07) is 3.19.